The lowest BCUT2D eigenvalue weighted by Crippen LogP contribution is -2.29. The molecule has 2 aliphatic rings. The van der Waals surface area contributed by atoms with Crippen molar-refractivity contribution in [3.05, 3.63) is 75.3 Å². The van der Waals surface area contributed by atoms with Crippen molar-refractivity contribution >= 4 is 39.9 Å². The zero-order valence-electron chi connectivity index (χ0n) is 24.1. The molecule has 0 bridgehead atoms. The first kappa shape index (κ1) is 29.3. The summed E-state index contributed by atoms with van der Waals surface area (Å²) in [6.07, 6.45) is 3.67. The molecule has 1 saturated heterocycles. The van der Waals surface area contributed by atoms with Gasteiger partial charge in [-0.15, -0.1) is 0 Å². The monoisotopic (exact) mass is 590 g/mol. The molecule has 0 radical (unpaired) electrons. The lowest BCUT2D eigenvalue weighted by Gasteiger charge is -2.23. The van der Waals surface area contributed by atoms with Crippen molar-refractivity contribution in [2.24, 2.45) is 0 Å². The van der Waals surface area contributed by atoms with E-state index in [9.17, 15) is 19.5 Å². The summed E-state index contributed by atoms with van der Waals surface area (Å²) in [7, 11) is 0. The van der Waals surface area contributed by atoms with Crippen molar-refractivity contribution in [2.75, 3.05) is 18.1 Å². The van der Waals surface area contributed by atoms with Gasteiger partial charge in [0.25, 0.3) is 5.78 Å². The molecule has 2 aromatic carbocycles. The van der Waals surface area contributed by atoms with Crippen molar-refractivity contribution < 1.29 is 33.7 Å². The van der Waals surface area contributed by atoms with Crippen LogP contribution in [-0.4, -0.2) is 47.1 Å². The van der Waals surface area contributed by atoms with E-state index in [4.69, 9.17) is 14.2 Å². The lowest BCUT2D eigenvalue weighted by molar-refractivity contribution is -0.132. The number of Topliss-reactive ketones (excluding diaryl/α,β-unsaturated/α-hetero) is 1. The van der Waals surface area contributed by atoms with Crippen LogP contribution in [-0.2, 0) is 20.7 Å². The van der Waals surface area contributed by atoms with Gasteiger partial charge in [0.2, 0.25) is 0 Å². The van der Waals surface area contributed by atoms with Crippen molar-refractivity contribution in [1.29, 1.82) is 0 Å². The number of aromatic nitrogens is 1. The van der Waals surface area contributed by atoms with E-state index in [-0.39, 0.29) is 34.1 Å². The quantitative estimate of drug-likeness (QED) is 0.0984. The smallest absolute Gasteiger partial charge is 0.350 e. The number of benzene rings is 2. The number of aliphatic hydroxyl groups is 1. The molecular formula is C32H34N2O7S. The highest BCUT2D eigenvalue weighted by atomic mass is 32.1. The lowest BCUT2D eigenvalue weighted by atomic mass is 9.94. The van der Waals surface area contributed by atoms with Crippen molar-refractivity contribution in [2.45, 2.75) is 65.5 Å². The topological polar surface area (TPSA) is 115 Å². The van der Waals surface area contributed by atoms with E-state index in [0.29, 0.717) is 35.6 Å². The number of thiazole rings is 1. The van der Waals surface area contributed by atoms with Crippen LogP contribution >= 0.6 is 11.3 Å². The van der Waals surface area contributed by atoms with Crippen LogP contribution in [0.1, 0.15) is 78.1 Å². The molecule has 0 aliphatic carbocycles. The number of nitrogens with zero attached hydrogens (tertiary/aromatic N) is 2. The number of fused-ring (bicyclic) bond motifs is 1. The number of aryl methyl sites for hydroxylation is 1. The molecule has 10 heteroatoms. The molecule has 2 atom stereocenters. The first-order chi connectivity index (χ1) is 20.2. The molecule has 5 rings (SSSR count). The van der Waals surface area contributed by atoms with E-state index < -0.39 is 23.7 Å². The van der Waals surface area contributed by atoms with E-state index in [2.05, 4.69) is 11.9 Å². The van der Waals surface area contributed by atoms with Gasteiger partial charge in [0.15, 0.2) is 5.13 Å². The second-order valence-corrected chi connectivity index (χ2v) is 11.4. The summed E-state index contributed by atoms with van der Waals surface area (Å²) < 4.78 is 16.9. The molecule has 1 amide bonds. The van der Waals surface area contributed by atoms with Crippen LogP contribution in [0.4, 0.5) is 5.13 Å². The summed E-state index contributed by atoms with van der Waals surface area (Å²) >= 11 is 0.974. The minimum absolute atomic E-state index is 0.00442. The fourth-order valence-corrected chi connectivity index (χ4v) is 6.25. The normalized spacial score (nSPS) is 19.1. The summed E-state index contributed by atoms with van der Waals surface area (Å²) in [4.78, 5) is 45.8. The molecular weight excluding hydrogens is 556 g/mol. The number of anilines is 1. The van der Waals surface area contributed by atoms with E-state index in [1.54, 1.807) is 50.2 Å². The number of aliphatic hydroxyl groups excluding tert-OH is 1. The molecule has 220 valence electrons. The summed E-state index contributed by atoms with van der Waals surface area (Å²) in [6, 6.07) is 11.4. The third-order valence-corrected chi connectivity index (χ3v) is 8.39. The number of carbonyl (C=O) groups excluding carboxylic acids is 3. The molecule has 2 aliphatic heterocycles. The third-order valence-electron chi connectivity index (χ3n) is 7.26. The van der Waals surface area contributed by atoms with E-state index in [1.807, 2.05) is 13.0 Å². The average Bonchev–Trinajstić information content (AvgIpc) is 3.62. The van der Waals surface area contributed by atoms with Crippen LogP contribution in [0.3, 0.4) is 0 Å². The van der Waals surface area contributed by atoms with Crippen LogP contribution in [0.5, 0.6) is 11.5 Å². The van der Waals surface area contributed by atoms with E-state index in [1.165, 1.54) is 4.90 Å². The van der Waals surface area contributed by atoms with E-state index >= 15 is 0 Å². The first-order valence-electron chi connectivity index (χ1n) is 14.2. The van der Waals surface area contributed by atoms with Gasteiger partial charge in [0.05, 0.1) is 30.5 Å². The number of carbonyl (C=O) groups is 3. The highest BCUT2D eigenvalue weighted by Gasteiger charge is 2.48. The second-order valence-electron chi connectivity index (χ2n) is 10.4. The third kappa shape index (κ3) is 5.63. The predicted octanol–water partition coefficient (Wildman–Crippen LogP) is 6.15. The number of ether oxygens (including phenoxy) is 3. The van der Waals surface area contributed by atoms with Gasteiger partial charge in [-0.2, -0.15) is 0 Å². The number of amides is 1. The number of hydrogen-bond donors (Lipinski definition) is 1. The van der Waals surface area contributed by atoms with Crippen LogP contribution in [0, 0.1) is 6.92 Å². The highest BCUT2D eigenvalue weighted by Crippen LogP contribution is 2.45. The Bertz CT molecular complexity index is 1560. The number of ketones is 1. The fourth-order valence-electron chi connectivity index (χ4n) is 5.26. The predicted molar refractivity (Wildman–Crippen MR) is 159 cm³/mol. The van der Waals surface area contributed by atoms with Gasteiger partial charge in [-0.3, -0.25) is 14.5 Å². The average molecular weight is 591 g/mol. The highest BCUT2D eigenvalue weighted by molar-refractivity contribution is 7.17. The van der Waals surface area contributed by atoms with Gasteiger partial charge in [0, 0.05) is 12.0 Å². The molecule has 1 N–H and O–H groups in total. The first-order valence-corrected chi connectivity index (χ1v) is 15.0. The molecule has 42 heavy (non-hydrogen) atoms. The summed E-state index contributed by atoms with van der Waals surface area (Å²) in [5.74, 6) is -1.23. The number of rotatable bonds is 10. The SMILES string of the molecule is CCCCCOc1cccc(C2C(=C(O)c3ccc4c(c3)CC(C)O4)C(=O)C(=O)N2c2nc(C)c(C(=O)OCC)s2)c1. The van der Waals surface area contributed by atoms with Crippen LogP contribution in [0.15, 0.2) is 48.0 Å². The van der Waals surface area contributed by atoms with Crippen LogP contribution in [0.25, 0.3) is 5.76 Å². The molecule has 2 unspecified atom stereocenters. The maximum absolute atomic E-state index is 13.7. The maximum atomic E-state index is 13.7. The van der Waals surface area contributed by atoms with Crippen LogP contribution < -0.4 is 14.4 Å². The Morgan fingerprint density at radius 1 is 1.17 bits per heavy atom. The van der Waals surface area contributed by atoms with Gasteiger partial charge in [-0.25, -0.2) is 9.78 Å². The Morgan fingerprint density at radius 3 is 2.74 bits per heavy atom. The Balaban J connectivity index is 1.62. The Labute approximate surface area is 248 Å². The zero-order valence-corrected chi connectivity index (χ0v) is 25.0. The van der Waals surface area contributed by atoms with Gasteiger partial charge >= 0.3 is 11.9 Å². The molecule has 0 saturated carbocycles. The molecule has 0 spiro atoms. The Kier molecular flexibility index (Phi) is 8.63. The number of esters is 1. The Hall–Kier alpha value is -4.18. The Morgan fingerprint density at radius 2 is 1.98 bits per heavy atom. The number of hydrogen-bond acceptors (Lipinski definition) is 9. The largest absolute Gasteiger partial charge is 0.507 e. The fraction of sp³-hybridized carbons (Fsp3) is 0.375. The van der Waals surface area contributed by atoms with Crippen LogP contribution in [0.2, 0.25) is 0 Å². The van der Waals surface area contributed by atoms with E-state index in [0.717, 1.165) is 41.9 Å². The van der Waals surface area contributed by atoms with Gasteiger partial charge in [-0.05, 0) is 68.7 Å². The number of unbranched alkanes of at least 4 members (excludes halogenated alkanes) is 2. The second kappa shape index (κ2) is 12.4. The van der Waals surface area contributed by atoms with Crippen molar-refractivity contribution in [3.8, 4) is 11.5 Å². The van der Waals surface area contributed by atoms with Gasteiger partial charge in [0.1, 0.15) is 28.2 Å². The zero-order chi connectivity index (χ0) is 30.0. The van der Waals surface area contributed by atoms with Crippen molar-refractivity contribution in [1.82, 2.24) is 4.98 Å². The minimum Gasteiger partial charge on any atom is -0.507 e. The molecule has 1 aromatic heterocycles. The summed E-state index contributed by atoms with van der Waals surface area (Å²) in [5, 5.41) is 11.8. The van der Waals surface area contributed by atoms with Gasteiger partial charge in [-0.1, -0.05) is 43.2 Å². The molecule has 9 nitrogen and oxygen atoms in total. The van der Waals surface area contributed by atoms with Gasteiger partial charge < -0.3 is 19.3 Å². The molecule has 3 heterocycles. The van der Waals surface area contributed by atoms with Crippen molar-refractivity contribution in [3.63, 3.8) is 0 Å². The summed E-state index contributed by atoms with van der Waals surface area (Å²) in [6.45, 7) is 8.15. The molecule has 3 aromatic rings. The molecule has 1 fully saturated rings. The minimum atomic E-state index is -1.01. The standard InChI is InChI=1S/C32H34N2O7S/c1-5-7-8-14-40-23-11-9-10-20(17-23)26-25(27(35)21-12-13-24-22(16-21)15-18(3)41-24)28(36)30(37)34(26)32-33-19(4)29(42-32)31(38)39-6-2/h9-13,16-18,26,35H,5-8,14-15H2,1-4H3. The summed E-state index contributed by atoms with van der Waals surface area (Å²) in [5.41, 5.74) is 2.20. The maximum Gasteiger partial charge on any atom is 0.350 e.